The Morgan fingerprint density at radius 1 is 1.50 bits per heavy atom. The second-order valence-electron chi connectivity index (χ2n) is 5.45. The van der Waals surface area contributed by atoms with E-state index < -0.39 is 5.41 Å². The van der Waals surface area contributed by atoms with Crippen LogP contribution in [0.2, 0.25) is 5.02 Å². The molecule has 1 aromatic rings. The zero-order valence-electron chi connectivity index (χ0n) is 11.7. The summed E-state index contributed by atoms with van der Waals surface area (Å²) in [6.45, 7) is 1.98. The van der Waals surface area contributed by atoms with Crippen LogP contribution in [0.4, 0.5) is 0 Å². The van der Waals surface area contributed by atoms with Crippen LogP contribution in [0, 0.1) is 5.41 Å². The van der Waals surface area contributed by atoms with Gasteiger partial charge >= 0.3 is 0 Å². The van der Waals surface area contributed by atoms with Gasteiger partial charge in [0.1, 0.15) is 0 Å². The van der Waals surface area contributed by atoms with Gasteiger partial charge in [-0.25, -0.2) is 0 Å². The maximum absolute atomic E-state index is 12.7. The molecular weight excluding hydrogens is 292 g/mol. The number of hydrogen-bond donors (Lipinski definition) is 1. The molecule has 1 fully saturated rings. The van der Waals surface area contributed by atoms with E-state index in [1.165, 1.54) is 0 Å². The topological polar surface area (TPSA) is 46.3 Å². The Hall–Kier alpha value is -1.13. The second-order valence-corrected chi connectivity index (χ2v) is 6.32. The zero-order valence-corrected chi connectivity index (χ0v) is 13.3. The van der Waals surface area contributed by atoms with Crippen molar-refractivity contribution in [3.63, 3.8) is 0 Å². The molecular formula is C15H19ClN2OS. The van der Waals surface area contributed by atoms with E-state index in [0.717, 1.165) is 24.8 Å². The van der Waals surface area contributed by atoms with Crippen molar-refractivity contribution in [2.24, 2.45) is 11.1 Å². The number of thiocarbonyl (C=S) groups is 1. The van der Waals surface area contributed by atoms with Crippen molar-refractivity contribution in [3.8, 4) is 0 Å². The predicted molar refractivity (Wildman–Crippen MR) is 85.7 cm³/mol. The van der Waals surface area contributed by atoms with Gasteiger partial charge in [-0.05, 0) is 37.5 Å². The number of rotatable bonds is 4. The first-order valence-electron chi connectivity index (χ1n) is 6.71. The molecule has 3 nitrogen and oxygen atoms in total. The molecule has 0 heterocycles. The SMILES string of the molecule is CC(c1cccc(Cl)c1)N(C)C(=O)C1(C(N)=S)CCC1. The molecule has 20 heavy (non-hydrogen) atoms. The summed E-state index contributed by atoms with van der Waals surface area (Å²) >= 11 is 11.1. The predicted octanol–water partition coefficient (Wildman–Crippen LogP) is 3.32. The maximum Gasteiger partial charge on any atom is 0.235 e. The number of amides is 1. The number of nitrogens with two attached hydrogens (primary N) is 1. The van der Waals surface area contributed by atoms with Gasteiger partial charge in [0, 0.05) is 12.1 Å². The number of nitrogens with zero attached hydrogens (tertiary/aromatic N) is 1. The Balaban J connectivity index is 2.20. The van der Waals surface area contributed by atoms with Gasteiger partial charge in [0.2, 0.25) is 5.91 Å². The molecule has 1 aliphatic rings. The van der Waals surface area contributed by atoms with Gasteiger partial charge in [-0.3, -0.25) is 4.79 Å². The fourth-order valence-electron chi connectivity index (χ4n) is 2.60. The molecule has 0 bridgehead atoms. The highest BCUT2D eigenvalue weighted by Gasteiger charge is 2.48. The molecule has 1 saturated carbocycles. The average Bonchev–Trinajstić information content (AvgIpc) is 2.35. The van der Waals surface area contributed by atoms with Crippen LogP contribution in [0.25, 0.3) is 0 Å². The third-order valence-electron chi connectivity index (χ3n) is 4.32. The van der Waals surface area contributed by atoms with Crippen molar-refractivity contribution in [3.05, 3.63) is 34.9 Å². The van der Waals surface area contributed by atoms with Gasteiger partial charge in [0.25, 0.3) is 0 Å². The molecule has 5 heteroatoms. The van der Waals surface area contributed by atoms with Crippen molar-refractivity contribution >= 4 is 34.7 Å². The van der Waals surface area contributed by atoms with Crippen molar-refractivity contribution in [1.29, 1.82) is 0 Å². The fraction of sp³-hybridized carbons (Fsp3) is 0.467. The quantitative estimate of drug-likeness (QED) is 0.868. The van der Waals surface area contributed by atoms with E-state index in [0.29, 0.717) is 10.0 Å². The van der Waals surface area contributed by atoms with Crippen molar-refractivity contribution in [2.45, 2.75) is 32.2 Å². The van der Waals surface area contributed by atoms with Crippen LogP contribution in [0.3, 0.4) is 0 Å². The first-order valence-corrected chi connectivity index (χ1v) is 7.50. The van der Waals surface area contributed by atoms with Crippen molar-refractivity contribution in [2.75, 3.05) is 7.05 Å². The van der Waals surface area contributed by atoms with Crippen LogP contribution in [0.15, 0.2) is 24.3 Å². The third kappa shape index (κ3) is 2.54. The van der Waals surface area contributed by atoms with Crippen LogP contribution in [0.5, 0.6) is 0 Å². The molecule has 1 amide bonds. The lowest BCUT2D eigenvalue weighted by Crippen LogP contribution is -2.53. The third-order valence-corrected chi connectivity index (χ3v) is 4.95. The van der Waals surface area contributed by atoms with Gasteiger partial charge in [-0.2, -0.15) is 0 Å². The summed E-state index contributed by atoms with van der Waals surface area (Å²) in [7, 11) is 1.80. The van der Waals surface area contributed by atoms with Crippen LogP contribution in [0.1, 0.15) is 37.8 Å². The molecule has 0 aromatic heterocycles. The summed E-state index contributed by atoms with van der Waals surface area (Å²) in [6, 6.07) is 7.49. The number of carbonyl (C=O) groups is 1. The molecule has 1 aliphatic carbocycles. The molecule has 108 valence electrons. The first kappa shape index (κ1) is 15.3. The lowest BCUT2D eigenvalue weighted by atomic mass is 9.67. The Morgan fingerprint density at radius 3 is 2.60 bits per heavy atom. The normalized spacial score (nSPS) is 17.9. The van der Waals surface area contributed by atoms with E-state index in [1.54, 1.807) is 11.9 Å². The van der Waals surface area contributed by atoms with Gasteiger partial charge in [-0.1, -0.05) is 42.4 Å². The largest absolute Gasteiger partial charge is 0.392 e. The molecule has 1 aromatic carbocycles. The lowest BCUT2D eigenvalue weighted by Gasteiger charge is -2.43. The number of benzene rings is 1. The lowest BCUT2D eigenvalue weighted by molar-refractivity contribution is -0.142. The Labute approximate surface area is 130 Å². The minimum atomic E-state index is -0.628. The molecule has 0 saturated heterocycles. The van der Waals surface area contributed by atoms with Crippen LogP contribution >= 0.6 is 23.8 Å². The van der Waals surface area contributed by atoms with Gasteiger partial charge in [0.15, 0.2) is 0 Å². The van der Waals surface area contributed by atoms with Gasteiger partial charge in [0.05, 0.1) is 16.4 Å². The summed E-state index contributed by atoms with van der Waals surface area (Å²) in [5, 5.41) is 0.669. The Kier molecular flexibility index (Phi) is 4.35. The smallest absolute Gasteiger partial charge is 0.235 e. The van der Waals surface area contributed by atoms with E-state index in [9.17, 15) is 4.79 Å². The number of carbonyl (C=O) groups excluding carboxylic acids is 1. The zero-order chi connectivity index (χ0) is 14.9. The molecule has 0 spiro atoms. The summed E-state index contributed by atoms with van der Waals surface area (Å²) in [6.07, 6.45) is 2.52. The van der Waals surface area contributed by atoms with E-state index in [-0.39, 0.29) is 11.9 Å². The highest BCUT2D eigenvalue weighted by Crippen LogP contribution is 2.43. The van der Waals surface area contributed by atoms with E-state index in [1.807, 2.05) is 31.2 Å². The van der Waals surface area contributed by atoms with Gasteiger partial charge in [-0.15, -0.1) is 0 Å². The minimum Gasteiger partial charge on any atom is -0.392 e. The number of hydrogen-bond acceptors (Lipinski definition) is 2. The van der Waals surface area contributed by atoms with Gasteiger partial charge < -0.3 is 10.6 Å². The minimum absolute atomic E-state index is 0.0173. The van der Waals surface area contributed by atoms with Crippen LogP contribution < -0.4 is 5.73 Å². The molecule has 1 unspecified atom stereocenters. The summed E-state index contributed by atoms with van der Waals surface area (Å²) in [4.78, 5) is 14.8. The standard InChI is InChI=1S/C15H19ClN2OS/c1-10(11-5-3-6-12(16)9-11)18(2)14(19)15(13(17)20)7-4-8-15/h3,5-6,9-10H,4,7-8H2,1-2H3,(H2,17,20). The first-order chi connectivity index (χ1) is 9.38. The maximum atomic E-state index is 12.7. The highest BCUT2D eigenvalue weighted by atomic mass is 35.5. The number of halogens is 1. The Morgan fingerprint density at radius 2 is 2.15 bits per heavy atom. The second kappa shape index (κ2) is 5.70. The molecule has 0 radical (unpaired) electrons. The summed E-state index contributed by atoms with van der Waals surface area (Å²) in [5.74, 6) is 0.0173. The monoisotopic (exact) mass is 310 g/mol. The molecule has 2 N–H and O–H groups in total. The summed E-state index contributed by atoms with van der Waals surface area (Å²) in [5.41, 5.74) is 6.17. The van der Waals surface area contributed by atoms with Crippen molar-refractivity contribution < 1.29 is 4.79 Å². The van der Waals surface area contributed by atoms with E-state index in [4.69, 9.17) is 29.6 Å². The molecule has 1 atom stereocenters. The van der Waals surface area contributed by atoms with Crippen LogP contribution in [-0.4, -0.2) is 22.8 Å². The highest BCUT2D eigenvalue weighted by molar-refractivity contribution is 7.80. The Bertz CT molecular complexity index is 542. The van der Waals surface area contributed by atoms with Crippen LogP contribution in [-0.2, 0) is 4.79 Å². The molecule has 2 rings (SSSR count). The summed E-state index contributed by atoms with van der Waals surface area (Å²) < 4.78 is 0. The molecule has 0 aliphatic heterocycles. The van der Waals surface area contributed by atoms with E-state index in [2.05, 4.69) is 0 Å². The fourth-order valence-corrected chi connectivity index (χ4v) is 3.09. The van der Waals surface area contributed by atoms with Crippen molar-refractivity contribution in [1.82, 2.24) is 4.90 Å². The average molecular weight is 311 g/mol. The van der Waals surface area contributed by atoms with E-state index >= 15 is 0 Å².